The van der Waals surface area contributed by atoms with Gasteiger partial charge in [-0.25, -0.2) is 0 Å². The van der Waals surface area contributed by atoms with Crippen LogP contribution in [0.2, 0.25) is 17.3 Å². The topological polar surface area (TPSA) is 26.3 Å². The van der Waals surface area contributed by atoms with Crippen LogP contribution in [-0.4, -0.2) is 29.6 Å². The number of carbonyl (C=O) groups excluding carboxylic acids is 1. The van der Waals surface area contributed by atoms with Crippen LogP contribution in [0.5, 0.6) is 0 Å². The van der Waals surface area contributed by atoms with Crippen LogP contribution in [0.15, 0.2) is 12.2 Å². The molecule has 0 saturated carbocycles. The molecule has 0 aliphatic carbocycles. The second-order valence-corrected chi connectivity index (χ2v) is 17.0. The Morgan fingerprint density at radius 2 is 1.93 bits per heavy atom. The van der Waals surface area contributed by atoms with E-state index in [-0.39, 0.29) is 22.4 Å². The van der Waals surface area contributed by atoms with Gasteiger partial charge in [-0.1, -0.05) is 0 Å². The predicted octanol–water partition coefficient (Wildman–Crippen LogP) is 2.41. The van der Waals surface area contributed by atoms with Crippen LogP contribution in [0.3, 0.4) is 0 Å². The van der Waals surface area contributed by atoms with Gasteiger partial charge in [0.25, 0.3) is 0 Å². The van der Waals surface area contributed by atoms with Crippen molar-refractivity contribution < 1.29 is 9.53 Å². The molecule has 1 saturated heterocycles. The fourth-order valence-electron chi connectivity index (χ4n) is 2.90. The number of rotatable bonds is 1. The zero-order valence-electron chi connectivity index (χ0n) is 10.2. The van der Waals surface area contributed by atoms with E-state index in [2.05, 4.69) is 29.4 Å². The average molecular weight is 269 g/mol. The Kier molecular flexibility index (Phi) is 2.43. The van der Waals surface area contributed by atoms with Crippen LogP contribution in [0.25, 0.3) is 0 Å². The van der Waals surface area contributed by atoms with E-state index < -0.39 is 13.3 Å². The summed E-state index contributed by atoms with van der Waals surface area (Å²) in [4.78, 5) is 12.1. The molecule has 0 aromatic rings. The number of ether oxygens (including phenoxy) is 1. The Balaban J connectivity index is 2.45. The Labute approximate surface area is 94.4 Å². The first-order valence-electron chi connectivity index (χ1n) is 5.70. The Morgan fingerprint density at radius 1 is 1.33 bits per heavy atom. The second-order valence-electron chi connectivity index (χ2n) is 5.90. The number of hydrogen-bond acceptors (Lipinski definition) is 2. The summed E-state index contributed by atoms with van der Waals surface area (Å²) in [7, 11) is 0. The molecule has 2 aliphatic heterocycles. The Morgan fingerprint density at radius 3 is 2.47 bits per heavy atom. The van der Waals surface area contributed by atoms with Crippen molar-refractivity contribution in [2.45, 2.75) is 41.7 Å². The van der Waals surface area contributed by atoms with E-state index in [1.807, 2.05) is 13.8 Å². The van der Waals surface area contributed by atoms with Crippen LogP contribution >= 0.6 is 0 Å². The van der Waals surface area contributed by atoms with E-state index in [0.29, 0.717) is 5.78 Å². The zero-order valence-corrected chi connectivity index (χ0v) is 12.3. The number of ketones is 1. The van der Waals surface area contributed by atoms with Crippen molar-refractivity contribution in [3.63, 3.8) is 0 Å². The predicted molar refractivity (Wildman–Crippen MR) is 63.4 cm³/mol. The third-order valence-corrected chi connectivity index (χ3v) is 10.5. The molecule has 0 aromatic carbocycles. The van der Waals surface area contributed by atoms with E-state index >= 15 is 0 Å². The van der Waals surface area contributed by atoms with Crippen molar-refractivity contribution >= 4 is 19.0 Å². The number of carbonyl (C=O) groups is 1. The third kappa shape index (κ3) is 1.37. The second kappa shape index (κ2) is 3.20. The molecular formula is C12H20GeO2. The van der Waals surface area contributed by atoms with Gasteiger partial charge in [-0.2, -0.15) is 0 Å². The van der Waals surface area contributed by atoms with Gasteiger partial charge in [0.1, 0.15) is 0 Å². The van der Waals surface area contributed by atoms with Crippen LogP contribution in [0, 0.1) is 11.8 Å². The maximum atomic E-state index is 12.1. The molecule has 1 fully saturated rings. The van der Waals surface area contributed by atoms with Gasteiger partial charge in [0, 0.05) is 0 Å². The van der Waals surface area contributed by atoms with Crippen LogP contribution < -0.4 is 0 Å². The molecule has 2 bridgehead atoms. The first-order valence-corrected chi connectivity index (χ1v) is 13.0. The fraction of sp³-hybridized carbons (Fsp3) is 0.750. The number of fused-ring (bicyclic) bond motifs is 2. The molecule has 0 aromatic heterocycles. The summed E-state index contributed by atoms with van der Waals surface area (Å²) in [6.45, 7) is 4.03. The summed E-state index contributed by atoms with van der Waals surface area (Å²) in [5, 5.41) is 0. The summed E-state index contributed by atoms with van der Waals surface area (Å²) in [6.07, 6.45) is 4.35. The van der Waals surface area contributed by atoms with Gasteiger partial charge in [-0.3, -0.25) is 0 Å². The standard InChI is InChI=1S/C12H20GeO2/c1-8-10-6-7-12(15-10,13(3,4)5)9(2)11(8)14/h6-10H,1-5H3/t8-,9-,10+,12+/m1/s1. The molecule has 2 heterocycles. The van der Waals surface area contributed by atoms with Gasteiger partial charge in [-0.15, -0.1) is 0 Å². The summed E-state index contributed by atoms with van der Waals surface area (Å²) >= 11 is -2.05. The van der Waals surface area contributed by atoms with Crippen molar-refractivity contribution in [1.82, 2.24) is 0 Å². The Hall–Kier alpha value is -0.0871. The first-order chi connectivity index (χ1) is 6.79. The van der Waals surface area contributed by atoms with Gasteiger partial charge in [0.15, 0.2) is 0 Å². The molecule has 2 nitrogen and oxygen atoms in total. The van der Waals surface area contributed by atoms with Crippen molar-refractivity contribution in [3.05, 3.63) is 12.2 Å². The molecule has 84 valence electrons. The van der Waals surface area contributed by atoms with Crippen molar-refractivity contribution in [2.24, 2.45) is 11.8 Å². The molecule has 0 unspecified atom stereocenters. The molecule has 0 N–H and O–H groups in total. The number of hydrogen-bond donors (Lipinski definition) is 0. The van der Waals surface area contributed by atoms with E-state index in [1.165, 1.54) is 0 Å². The summed E-state index contributed by atoms with van der Waals surface area (Å²) < 4.78 is 6.00. The minimum atomic E-state index is -2.05. The van der Waals surface area contributed by atoms with Crippen molar-refractivity contribution in [3.8, 4) is 0 Å². The van der Waals surface area contributed by atoms with E-state index in [1.54, 1.807) is 0 Å². The first kappa shape index (κ1) is 11.4. The molecule has 2 rings (SSSR count). The molecule has 3 heteroatoms. The van der Waals surface area contributed by atoms with Crippen LogP contribution in [0.1, 0.15) is 13.8 Å². The molecule has 0 radical (unpaired) electrons. The van der Waals surface area contributed by atoms with Gasteiger partial charge in [0.2, 0.25) is 0 Å². The monoisotopic (exact) mass is 270 g/mol. The molecule has 0 amide bonds. The van der Waals surface area contributed by atoms with E-state index in [0.717, 1.165) is 0 Å². The summed E-state index contributed by atoms with van der Waals surface area (Å²) in [5.74, 6) is 7.45. The number of Topliss-reactive ketones (excluding diaryl/α,β-unsaturated/α-hetero) is 1. The van der Waals surface area contributed by atoms with Gasteiger partial charge in [-0.05, 0) is 0 Å². The average Bonchev–Trinajstić information content (AvgIpc) is 2.54. The van der Waals surface area contributed by atoms with E-state index in [4.69, 9.17) is 4.74 Å². The van der Waals surface area contributed by atoms with E-state index in [9.17, 15) is 4.79 Å². The van der Waals surface area contributed by atoms with Crippen LogP contribution in [-0.2, 0) is 9.53 Å². The zero-order chi connectivity index (χ0) is 11.4. The summed E-state index contributed by atoms with van der Waals surface area (Å²) in [5.41, 5.74) is 0. The third-order valence-electron chi connectivity index (χ3n) is 4.05. The van der Waals surface area contributed by atoms with Gasteiger partial charge < -0.3 is 0 Å². The molecule has 2 aliphatic rings. The molecule has 4 atom stereocenters. The summed E-state index contributed by atoms with van der Waals surface area (Å²) in [6, 6.07) is 0. The Bertz CT molecular complexity index is 329. The fourth-order valence-corrected chi connectivity index (χ4v) is 8.20. The van der Waals surface area contributed by atoms with Crippen molar-refractivity contribution in [1.29, 1.82) is 0 Å². The van der Waals surface area contributed by atoms with Crippen molar-refractivity contribution in [2.75, 3.05) is 0 Å². The SMILES string of the molecule is C[C@@H]1C(=O)[C@H](C)[C@@H]2C=C[C@]1([Ge]([CH3])([CH3])[CH3])O2. The molecule has 15 heavy (non-hydrogen) atoms. The normalized spacial score (nSPS) is 44.9. The molecular weight excluding hydrogens is 249 g/mol. The minimum absolute atomic E-state index is 0.0385. The molecule has 0 spiro atoms. The quantitative estimate of drug-likeness (QED) is 0.539. The van der Waals surface area contributed by atoms with Gasteiger partial charge >= 0.3 is 94.2 Å². The van der Waals surface area contributed by atoms with Gasteiger partial charge in [0.05, 0.1) is 0 Å². The maximum absolute atomic E-state index is 12.1. The van der Waals surface area contributed by atoms with Crippen LogP contribution in [0.4, 0.5) is 0 Å².